The molecule has 188 valence electrons. The van der Waals surface area contributed by atoms with E-state index in [-0.39, 0.29) is 17.0 Å². The summed E-state index contributed by atoms with van der Waals surface area (Å²) in [6.07, 6.45) is 5.33. The Labute approximate surface area is 211 Å². The number of carbonyl (C=O) groups is 2. The van der Waals surface area contributed by atoms with E-state index in [0.717, 1.165) is 18.7 Å². The lowest BCUT2D eigenvalue weighted by Crippen LogP contribution is -2.39. The molecule has 0 bridgehead atoms. The molecule has 36 heavy (non-hydrogen) atoms. The maximum absolute atomic E-state index is 13.8. The number of nitrogens with two attached hydrogens (primary N) is 1. The largest absolute Gasteiger partial charge is 0.497 e. The number of aromatic nitrogens is 2. The maximum Gasteiger partial charge on any atom is 0.277 e. The monoisotopic (exact) mass is 487 g/mol. The van der Waals surface area contributed by atoms with Gasteiger partial charge in [0, 0.05) is 17.8 Å². The highest BCUT2D eigenvalue weighted by atomic mass is 16.5. The lowest BCUT2D eigenvalue weighted by Gasteiger charge is -2.43. The van der Waals surface area contributed by atoms with Gasteiger partial charge in [-0.2, -0.15) is 5.10 Å². The van der Waals surface area contributed by atoms with Gasteiger partial charge in [-0.3, -0.25) is 9.59 Å². The van der Waals surface area contributed by atoms with Crippen molar-refractivity contribution in [3.8, 4) is 11.4 Å². The number of hydrogen-bond acceptors (Lipinski definition) is 5. The highest BCUT2D eigenvalue weighted by Crippen LogP contribution is 2.47. The average Bonchev–Trinajstić information content (AvgIpc) is 3.25. The number of carbonyl (C=O) groups excluding carboxylic acids is 2. The van der Waals surface area contributed by atoms with Crippen LogP contribution in [-0.4, -0.2) is 60.8 Å². The summed E-state index contributed by atoms with van der Waals surface area (Å²) in [5.74, 6) is -0.129. The van der Waals surface area contributed by atoms with E-state index in [2.05, 4.69) is 48.4 Å². The summed E-state index contributed by atoms with van der Waals surface area (Å²) >= 11 is 0. The van der Waals surface area contributed by atoms with Gasteiger partial charge in [0.1, 0.15) is 11.4 Å². The van der Waals surface area contributed by atoms with Crippen LogP contribution in [0.3, 0.4) is 0 Å². The van der Waals surface area contributed by atoms with E-state index in [1.54, 1.807) is 24.1 Å². The molecule has 2 heterocycles. The van der Waals surface area contributed by atoms with Crippen molar-refractivity contribution >= 4 is 17.5 Å². The quantitative estimate of drug-likeness (QED) is 0.524. The zero-order valence-electron chi connectivity index (χ0n) is 21.2. The molecule has 1 aliphatic heterocycles. The summed E-state index contributed by atoms with van der Waals surface area (Å²) in [6.45, 7) is 1.53. The average molecular weight is 488 g/mol. The molecule has 0 radical (unpaired) electrons. The van der Waals surface area contributed by atoms with E-state index in [9.17, 15) is 9.59 Å². The molecule has 8 heteroatoms. The molecule has 0 atom stereocenters. The first-order valence-corrected chi connectivity index (χ1v) is 12.5. The van der Waals surface area contributed by atoms with E-state index in [1.165, 1.54) is 29.5 Å². The minimum atomic E-state index is -0.632. The molecule has 2 amide bonds. The third kappa shape index (κ3) is 4.15. The number of methoxy groups -OCH3 is 1. The Morgan fingerprint density at radius 2 is 1.75 bits per heavy atom. The van der Waals surface area contributed by atoms with Crippen LogP contribution in [0.5, 0.6) is 5.75 Å². The Balaban J connectivity index is 1.46. The molecule has 3 aromatic rings. The Morgan fingerprint density at radius 3 is 2.31 bits per heavy atom. The Hall–Kier alpha value is -3.65. The van der Waals surface area contributed by atoms with E-state index in [4.69, 9.17) is 10.5 Å². The number of amides is 2. The molecule has 1 saturated carbocycles. The highest BCUT2D eigenvalue weighted by molar-refractivity contribution is 6.09. The second kappa shape index (κ2) is 9.43. The zero-order valence-corrected chi connectivity index (χ0v) is 21.2. The second-order valence-corrected chi connectivity index (χ2v) is 10.1. The number of benzene rings is 2. The van der Waals surface area contributed by atoms with Crippen molar-refractivity contribution in [2.45, 2.75) is 37.5 Å². The molecule has 0 unspecified atom stereocenters. The number of hydrogen-bond donors (Lipinski definition) is 1. The predicted octanol–water partition coefficient (Wildman–Crippen LogP) is 3.56. The van der Waals surface area contributed by atoms with Gasteiger partial charge in [-0.1, -0.05) is 18.6 Å². The topological polar surface area (TPSA) is 93.7 Å². The van der Waals surface area contributed by atoms with Gasteiger partial charge in [0.15, 0.2) is 5.69 Å². The van der Waals surface area contributed by atoms with Gasteiger partial charge >= 0.3 is 0 Å². The predicted molar refractivity (Wildman–Crippen MR) is 139 cm³/mol. The van der Waals surface area contributed by atoms with Gasteiger partial charge in [0.05, 0.1) is 12.8 Å². The number of anilines is 1. The van der Waals surface area contributed by atoms with Crippen molar-refractivity contribution in [1.29, 1.82) is 0 Å². The van der Waals surface area contributed by atoms with Gasteiger partial charge in [0.2, 0.25) is 0 Å². The van der Waals surface area contributed by atoms with Crippen LogP contribution in [-0.2, 0) is 11.8 Å². The molecule has 2 N–H and O–H groups in total. The molecule has 2 aromatic carbocycles. The SMILES string of the molecule is COc1ccc(-n2nc(C(N)=O)c3c2C(=O)N(c2ccc(C4(CCN(C)C)CCC4)cc2)CC3)cc1. The molecule has 2 aliphatic rings. The molecule has 1 aliphatic carbocycles. The number of rotatable bonds is 8. The number of fused-ring (bicyclic) bond motifs is 1. The number of nitrogens with zero attached hydrogens (tertiary/aromatic N) is 4. The van der Waals surface area contributed by atoms with Crippen molar-refractivity contribution in [3.05, 3.63) is 71.0 Å². The summed E-state index contributed by atoms with van der Waals surface area (Å²) in [5.41, 5.74) is 9.86. The molecule has 1 fully saturated rings. The van der Waals surface area contributed by atoms with Gasteiger partial charge < -0.3 is 20.3 Å². The van der Waals surface area contributed by atoms with E-state index in [0.29, 0.717) is 35.7 Å². The molecular weight excluding hydrogens is 454 g/mol. The minimum absolute atomic E-state index is 0.150. The fourth-order valence-electron chi connectivity index (χ4n) is 5.43. The van der Waals surface area contributed by atoms with Crippen LogP contribution in [0, 0.1) is 0 Å². The summed E-state index contributed by atoms with van der Waals surface area (Å²) < 4.78 is 6.78. The standard InChI is InChI=1S/C28H33N5O3/c1-31(2)18-16-28(14-4-15-28)19-5-7-20(8-6-19)32-17-13-23-24(26(29)34)30-33(25(23)27(32)35)21-9-11-22(36-3)12-10-21/h5-12H,4,13-18H2,1-3H3,(H2,29,34). The lowest BCUT2D eigenvalue weighted by molar-refractivity contribution is 0.0972. The molecule has 1 aromatic heterocycles. The molecule has 8 nitrogen and oxygen atoms in total. The van der Waals surface area contributed by atoms with Crippen LogP contribution < -0.4 is 15.4 Å². The minimum Gasteiger partial charge on any atom is -0.497 e. The first-order chi connectivity index (χ1) is 17.3. The van der Waals surface area contributed by atoms with Gasteiger partial charge in [0.25, 0.3) is 11.8 Å². The van der Waals surface area contributed by atoms with Crippen LogP contribution >= 0.6 is 0 Å². The summed E-state index contributed by atoms with van der Waals surface area (Å²) in [6, 6.07) is 15.7. The fourth-order valence-corrected chi connectivity index (χ4v) is 5.43. The van der Waals surface area contributed by atoms with Crippen LogP contribution in [0.15, 0.2) is 48.5 Å². The van der Waals surface area contributed by atoms with Crippen LogP contribution in [0.2, 0.25) is 0 Å². The van der Waals surface area contributed by atoms with Crippen molar-refractivity contribution < 1.29 is 14.3 Å². The van der Waals surface area contributed by atoms with E-state index >= 15 is 0 Å². The highest BCUT2D eigenvalue weighted by Gasteiger charge is 2.39. The summed E-state index contributed by atoms with van der Waals surface area (Å²) in [4.78, 5) is 29.9. The third-order valence-electron chi connectivity index (χ3n) is 7.71. The molecule has 5 rings (SSSR count). The zero-order chi connectivity index (χ0) is 25.4. The van der Waals surface area contributed by atoms with E-state index in [1.807, 2.05) is 12.1 Å². The third-order valence-corrected chi connectivity index (χ3v) is 7.71. The van der Waals surface area contributed by atoms with E-state index < -0.39 is 5.91 Å². The van der Waals surface area contributed by atoms with Crippen molar-refractivity contribution in [1.82, 2.24) is 14.7 Å². The van der Waals surface area contributed by atoms with Crippen molar-refractivity contribution in [2.75, 3.05) is 39.2 Å². The summed E-state index contributed by atoms with van der Waals surface area (Å²) in [7, 11) is 5.83. The molecule has 0 spiro atoms. The normalized spacial score (nSPS) is 16.6. The van der Waals surface area contributed by atoms with Crippen LogP contribution in [0.25, 0.3) is 5.69 Å². The number of ether oxygens (including phenoxy) is 1. The Bertz CT molecular complexity index is 1270. The Kier molecular flexibility index (Phi) is 6.30. The lowest BCUT2D eigenvalue weighted by atomic mass is 9.62. The second-order valence-electron chi connectivity index (χ2n) is 10.1. The maximum atomic E-state index is 13.8. The molecule has 0 saturated heterocycles. The Morgan fingerprint density at radius 1 is 1.08 bits per heavy atom. The van der Waals surface area contributed by atoms with Gasteiger partial charge in [-0.05, 0) is 93.7 Å². The van der Waals surface area contributed by atoms with Gasteiger partial charge in [-0.25, -0.2) is 4.68 Å². The first kappa shape index (κ1) is 24.1. The van der Waals surface area contributed by atoms with Crippen molar-refractivity contribution in [3.63, 3.8) is 0 Å². The number of primary amides is 1. The fraction of sp³-hybridized carbons (Fsp3) is 0.393. The first-order valence-electron chi connectivity index (χ1n) is 12.5. The molecular formula is C28H33N5O3. The summed E-state index contributed by atoms with van der Waals surface area (Å²) in [5, 5.41) is 4.45. The van der Waals surface area contributed by atoms with Crippen molar-refractivity contribution in [2.24, 2.45) is 5.73 Å². The smallest absolute Gasteiger partial charge is 0.277 e. The van der Waals surface area contributed by atoms with Crippen LogP contribution in [0.4, 0.5) is 5.69 Å². The van der Waals surface area contributed by atoms with Gasteiger partial charge in [-0.15, -0.1) is 0 Å². The van der Waals surface area contributed by atoms with Crippen LogP contribution in [0.1, 0.15) is 57.8 Å².